The van der Waals surface area contributed by atoms with Gasteiger partial charge in [-0.2, -0.15) is 5.26 Å². The second-order valence-corrected chi connectivity index (χ2v) is 4.63. The van der Waals surface area contributed by atoms with Crippen LogP contribution >= 0.6 is 0 Å². The first-order valence-corrected chi connectivity index (χ1v) is 6.28. The Labute approximate surface area is 88.5 Å². The Morgan fingerprint density at radius 2 is 1.79 bits per heavy atom. The molecule has 0 spiro atoms. The van der Waals surface area contributed by atoms with Gasteiger partial charge in [0.15, 0.2) is 0 Å². The van der Waals surface area contributed by atoms with Crippen LogP contribution in [-0.4, -0.2) is 0 Å². The maximum Gasteiger partial charge on any atom is 0.0658 e. The van der Waals surface area contributed by atoms with Crippen LogP contribution in [0.1, 0.15) is 64.7 Å². The summed E-state index contributed by atoms with van der Waals surface area (Å²) < 4.78 is 0. The van der Waals surface area contributed by atoms with Gasteiger partial charge in [-0.1, -0.05) is 45.4 Å². The van der Waals surface area contributed by atoms with Crippen molar-refractivity contribution in [2.45, 2.75) is 64.7 Å². The van der Waals surface area contributed by atoms with E-state index in [-0.39, 0.29) is 0 Å². The molecule has 0 aliphatic heterocycles. The molecule has 1 heteroatoms. The predicted molar refractivity (Wildman–Crippen MR) is 59.8 cm³/mol. The zero-order chi connectivity index (χ0) is 10.2. The molecule has 1 rings (SSSR count). The number of nitrogens with zero attached hydrogens (tertiary/aromatic N) is 1. The molecular formula is C13H23N. The van der Waals surface area contributed by atoms with Crippen molar-refractivity contribution in [2.75, 3.05) is 0 Å². The molecule has 14 heavy (non-hydrogen) atoms. The first-order valence-electron chi connectivity index (χ1n) is 6.28. The summed E-state index contributed by atoms with van der Waals surface area (Å²) in [6.07, 6.45) is 12.1. The summed E-state index contributed by atoms with van der Waals surface area (Å²) in [6.45, 7) is 2.26. The number of hydrogen-bond donors (Lipinski definition) is 0. The van der Waals surface area contributed by atoms with Crippen molar-refractivity contribution in [1.82, 2.24) is 0 Å². The van der Waals surface area contributed by atoms with Crippen molar-refractivity contribution < 1.29 is 0 Å². The van der Waals surface area contributed by atoms with Crippen LogP contribution in [0.5, 0.6) is 0 Å². The molecule has 0 bridgehead atoms. The Balaban J connectivity index is 1.87. The first kappa shape index (κ1) is 11.6. The van der Waals surface area contributed by atoms with Crippen molar-refractivity contribution in [3.63, 3.8) is 0 Å². The molecule has 0 N–H and O–H groups in total. The van der Waals surface area contributed by atoms with Gasteiger partial charge >= 0.3 is 0 Å². The molecule has 2 unspecified atom stereocenters. The number of rotatable bonds is 7. The minimum absolute atomic E-state index is 0.408. The normalized spacial score (nSPS) is 25.4. The van der Waals surface area contributed by atoms with Gasteiger partial charge in [0, 0.05) is 5.92 Å². The monoisotopic (exact) mass is 193 g/mol. The van der Waals surface area contributed by atoms with E-state index in [0.717, 1.165) is 12.3 Å². The highest BCUT2D eigenvalue weighted by Gasteiger charge is 2.29. The molecule has 1 aliphatic rings. The van der Waals surface area contributed by atoms with Crippen LogP contribution in [0.2, 0.25) is 0 Å². The maximum atomic E-state index is 8.78. The lowest BCUT2D eigenvalue weighted by Gasteiger charge is -2.31. The molecule has 1 aliphatic carbocycles. The van der Waals surface area contributed by atoms with Crippen LogP contribution in [-0.2, 0) is 0 Å². The molecular weight excluding hydrogens is 170 g/mol. The molecule has 0 aromatic rings. The summed E-state index contributed by atoms with van der Waals surface area (Å²) >= 11 is 0. The second-order valence-electron chi connectivity index (χ2n) is 4.63. The molecule has 0 saturated heterocycles. The van der Waals surface area contributed by atoms with Gasteiger partial charge in [-0.25, -0.2) is 0 Å². The van der Waals surface area contributed by atoms with E-state index >= 15 is 0 Å². The van der Waals surface area contributed by atoms with E-state index in [1.165, 1.54) is 51.4 Å². The fraction of sp³-hybridized carbons (Fsp3) is 0.923. The first-order chi connectivity index (χ1) is 6.88. The fourth-order valence-corrected chi connectivity index (χ4v) is 2.27. The standard InChI is InChI=1S/C13H23N/c1-2-3-4-5-6-7-8-12-9-10-13(12)11-14/h12-13H,2-10H2,1H3. The highest BCUT2D eigenvalue weighted by molar-refractivity contribution is 4.95. The maximum absolute atomic E-state index is 8.78. The Hall–Kier alpha value is -0.510. The van der Waals surface area contributed by atoms with Crippen LogP contribution in [0.4, 0.5) is 0 Å². The highest BCUT2D eigenvalue weighted by atomic mass is 14.4. The minimum Gasteiger partial charge on any atom is -0.198 e. The lowest BCUT2D eigenvalue weighted by Crippen LogP contribution is -2.24. The molecule has 0 amide bonds. The Bertz CT molecular complexity index is 180. The van der Waals surface area contributed by atoms with E-state index in [4.69, 9.17) is 5.26 Å². The van der Waals surface area contributed by atoms with Crippen molar-refractivity contribution in [3.8, 4) is 6.07 Å². The summed E-state index contributed by atoms with van der Waals surface area (Å²) in [4.78, 5) is 0. The van der Waals surface area contributed by atoms with Crippen LogP contribution in [0.15, 0.2) is 0 Å². The minimum atomic E-state index is 0.408. The van der Waals surface area contributed by atoms with Gasteiger partial charge in [-0.15, -0.1) is 0 Å². The highest BCUT2D eigenvalue weighted by Crippen LogP contribution is 2.37. The fourth-order valence-electron chi connectivity index (χ4n) is 2.27. The topological polar surface area (TPSA) is 23.8 Å². The van der Waals surface area contributed by atoms with Gasteiger partial charge in [-0.3, -0.25) is 0 Å². The molecule has 80 valence electrons. The Kier molecular flexibility index (Phi) is 5.68. The molecule has 1 nitrogen and oxygen atoms in total. The number of unbranched alkanes of at least 4 members (excludes halogenated alkanes) is 5. The van der Waals surface area contributed by atoms with Crippen molar-refractivity contribution in [3.05, 3.63) is 0 Å². The summed E-state index contributed by atoms with van der Waals surface area (Å²) in [5, 5.41) is 8.78. The average Bonchev–Trinajstić information content (AvgIpc) is 2.15. The molecule has 0 heterocycles. The lowest BCUT2D eigenvalue weighted by molar-refractivity contribution is 0.213. The van der Waals surface area contributed by atoms with Gasteiger partial charge in [-0.05, 0) is 25.2 Å². The van der Waals surface area contributed by atoms with Crippen molar-refractivity contribution in [2.24, 2.45) is 11.8 Å². The molecule has 1 fully saturated rings. The van der Waals surface area contributed by atoms with Gasteiger partial charge in [0.1, 0.15) is 0 Å². The zero-order valence-corrected chi connectivity index (χ0v) is 9.47. The van der Waals surface area contributed by atoms with Gasteiger partial charge in [0.05, 0.1) is 6.07 Å². The van der Waals surface area contributed by atoms with Crippen LogP contribution in [0, 0.1) is 23.2 Å². The summed E-state index contributed by atoms with van der Waals surface area (Å²) in [7, 11) is 0. The molecule has 2 atom stereocenters. The van der Waals surface area contributed by atoms with Crippen LogP contribution in [0.25, 0.3) is 0 Å². The van der Waals surface area contributed by atoms with Crippen LogP contribution < -0.4 is 0 Å². The Morgan fingerprint density at radius 3 is 2.36 bits per heavy atom. The largest absolute Gasteiger partial charge is 0.198 e. The van der Waals surface area contributed by atoms with Crippen molar-refractivity contribution >= 4 is 0 Å². The van der Waals surface area contributed by atoms with E-state index in [2.05, 4.69) is 13.0 Å². The zero-order valence-electron chi connectivity index (χ0n) is 9.47. The number of nitriles is 1. The van der Waals surface area contributed by atoms with Gasteiger partial charge in [0.2, 0.25) is 0 Å². The summed E-state index contributed by atoms with van der Waals surface area (Å²) in [5.41, 5.74) is 0. The number of hydrogen-bond acceptors (Lipinski definition) is 1. The lowest BCUT2D eigenvalue weighted by atomic mass is 9.72. The van der Waals surface area contributed by atoms with E-state index < -0.39 is 0 Å². The SMILES string of the molecule is CCCCCCCCC1CCC1C#N. The van der Waals surface area contributed by atoms with E-state index in [1.54, 1.807) is 0 Å². The Morgan fingerprint density at radius 1 is 1.07 bits per heavy atom. The van der Waals surface area contributed by atoms with Gasteiger partial charge in [0.25, 0.3) is 0 Å². The predicted octanol–water partition coefficient (Wildman–Crippen LogP) is 4.29. The second kappa shape index (κ2) is 6.87. The van der Waals surface area contributed by atoms with E-state index in [1.807, 2.05) is 0 Å². The van der Waals surface area contributed by atoms with Gasteiger partial charge < -0.3 is 0 Å². The third-order valence-electron chi connectivity index (χ3n) is 3.51. The molecule has 1 saturated carbocycles. The third-order valence-corrected chi connectivity index (χ3v) is 3.51. The quantitative estimate of drug-likeness (QED) is 0.553. The van der Waals surface area contributed by atoms with E-state index in [9.17, 15) is 0 Å². The summed E-state index contributed by atoms with van der Waals surface area (Å²) in [5.74, 6) is 1.16. The average molecular weight is 193 g/mol. The molecule has 0 aromatic heterocycles. The van der Waals surface area contributed by atoms with Crippen LogP contribution in [0.3, 0.4) is 0 Å². The smallest absolute Gasteiger partial charge is 0.0658 e. The van der Waals surface area contributed by atoms with Crippen molar-refractivity contribution in [1.29, 1.82) is 5.26 Å². The summed E-state index contributed by atoms with van der Waals surface area (Å²) in [6, 6.07) is 2.41. The molecule has 0 radical (unpaired) electrons. The third kappa shape index (κ3) is 3.70. The molecule has 0 aromatic carbocycles. The van der Waals surface area contributed by atoms with E-state index in [0.29, 0.717) is 5.92 Å².